The van der Waals surface area contributed by atoms with E-state index in [9.17, 15) is 5.11 Å². The molecule has 2 saturated carbocycles. The van der Waals surface area contributed by atoms with Crippen molar-refractivity contribution in [3.8, 4) is 0 Å². The Balaban J connectivity index is 2.00. The molecule has 3 fully saturated rings. The Hall–Kier alpha value is -0.0800. The molecule has 0 unspecified atom stereocenters. The first-order chi connectivity index (χ1) is 4.86. The highest BCUT2D eigenvalue weighted by molar-refractivity contribution is 5.05. The van der Waals surface area contributed by atoms with Gasteiger partial charge in [0.05, 0.1) is 18.8 Å². The first-order valence-corrected chi connectivity index (χ1v) is 4.16. The fourth-order valence-corrected chi connectivity index (χ4v) is 3.05. The van der Waals surface area contributed by atoms with Gasteiger partial charge in [0.15, 0.2) is 0 Å². The van der Waals surface area contributed by atoms with Crippen LogP contribution in [0.2, 0.25) is 0 Å². The van der Waals surface area contributed by atoms with Gasteiger partial charge < -0.3 is 9.84 Å². The molecule has 0 spiro atoms. The summed E-state index contributed by atoms with van der Waals surface area (Å²) in [6, 6.07) is 0. The fraction of sp³-hybridized carbons (Fsp3) is 1.00. The third kappa shape index (κ3) is 0.453. The number of hydrogen-bond donors (Lipinski definition) is 1. The van der Waals surface area contributed by atoms with Gasteiger partial charge in [-0.25, -0.2) is 0 Å². The first kappa shape index (κ1) is 5.56. The molecule has 1 aliphatic heterocycles. The molecule has 5 atom stereocenters. The zero-order valence-corrected chi connectivity index (χ0v) is 5.86. The van der Waals surface area contributed by atoms with E-state index in [1.165, 1.54) is 12.8 Å². The standard InChI is InChI=1S/C8H12O2/c9-7-4-1-5-3-10-8(7)6(5)2-4/h4-9H,1-3H2/t4-,5-,6-,7+,8+/m0/s1. The number of rotatable bonds is 0. The summed E-state index contributed by atoms with van der Waals surface area (Å²) in [6.07, 6.45) is 2.56. The molecular weight excluding hydrogens is 128 g/mol. The van der Waals surface area contributed by atoms with Crippen LogP contribution in [0.4, 0.5) is 0 Å². The van der Waals surface area contributed by atoms with E-state index in [-0.39, 0.29) is 12.2 Å². The second-order valence-corrected chi connectivity index (χ2v) is 3.94. The average molecular weight is 140 g/mol. The molecule has 1 saturated heterocycles. The number of hydrogen-bond acceptors (Lipinski definition) is 2. The van der Waals surface area contributed by atoms with Gasteiger partial charge in [0.1, 0.15) is 0 Å². The van der Waals surface area contributed by atoms with Crippen molar-refractivity contribution in [1.29, 1.82) is 0 Å². The summed E-state index contributed by atoms with van der Waals surface area (Å²) in [5.74, 6) is 2.11. The minimum Gasteiger partial charge on any atom is -0.390 e. The van der Waals surface area contributed by atoms with Crippen LogP contribution in [0.25, 0.3) is 0 Å². The topological polar surface area (TPSA) is 29.5 Å². The van der Waals surface area contributed by atoms with Crippen molar-refractivity contribution in [2.24, 2.45) is 17.8 Å². The summed E-state index contributed by atoms with van der Waals surface area (Å²) in [5.41, 5.74) is 0. The second-order valence-electron chi connectivity index (χ2n) is 3.94. The molecule has 0 aromatic heterocycles. The van der Waals surface area contributed by atoms with Crippen LogP contribution in [0, 0.1) is 17.8 Å². The number of aliphatic hydroxyl groups is 1. The summed E-state index contributed by atoms with van der Waals surface area (Å²) in [5, 5.41) is 9.58. The Morgan fingerprint density at radius 3 is 2.80 bits per heavy atom. The zero-order chi connectivity index (χ0) is 6.72. The summed E-state index contributed by atoms with van der Waals surface area (Å²) in [7, 11) is 0. The van der Waals surface area contributed by atoms with Gasteiger partial charge in [0.2, 0.25) is 0 Å². The third-order valence-corrected chi connectivity index (χ3v) is 3.53. The predicted octanol–water partition coefficient (Wildman–Crippen LogP) is 0.402. The van der Waals surface area contributed by atoms with Crippen LogP contribution in [0.3, 0.4) is 0 Å². The van der Waals surface area contributed by atoms with Gasteiger partial charge in [-0.3, -0.25) is 0 Å². The minimum atomic E-state index is -0.122. The van der Waals surface area contributed by atoms with Crippen molar-refractivity contribution in [1.82, 2.24) is 0 Å². The lowest BCUT2D eigenvalue weighted by Gasteiger charge is -2.21. The smallest absolute Gasteiger partial charge is 0.0868 e. The van der Waals surface area contributed by atoms with E-state index in [2.05, 4.69) is 0 Å². The highest BCUT2D eigenvalue weighted by Gasteiger charge is 2.56. The summed E-state index contributed by atoms with van der Waals surface area (Å²) < 4.78 is 5.49. The molecule has 10 heavy (non-hydrogen) atoms. The quantitative estimate of drug-likeness (QED) is 0.528. The molecule has 2 bridgehead atoms. The zero-order valence-electron chi connectivity index (χ0n) is 5.86. The van der Waals surface area contributed by atoms with Gasteiger partial charge in [0, 0.05) is 0 Å². The molecule has 2 nitrogen and oxygen atoms in total. The van der Waals surface area contributed by atoms with Crippen LogP contribution in [0.15, 0.2) is 0 Å². The molecule has 2 heteroatoms. The minimum absolute atomic E-state index is 0.122. The number of ether oxygens (including phenoxy) is 1. The van der Waals surface area contributed by atoms with E-state index >= 15 is 0 Å². The fourth-order valence-electron chi connectivity index (χ4n) is 3.05. The van der Waals surface area contributed by atoms with Gasteiger partial charge in [-0.05, 0) is 30.6 Å². The lowest BCUT2D eigenvalue weighted by Crippen LogP contribution is -2.31. The maximum Gasteiger partial charge on any atom is 0.0868 e. The van der Waals surface area contributed by atoms with Crippen LogP contribution in [-0.2, 0) is 4.74 Å². The van der Waals surface area contributed by atoms with Crippen LogP contribution >= 0.6 is 0 Å². The van der Waals surface area contributed by atoms with Gasteiger partial charge in [-0.15, -0.1) is 0 Å². The van der Waals surface area contributed by atoms with Crippen molar-refractivity contribution < 1.29 is 9.84 Å². The number of fused-ring (bicyclic) bond motifs is 1. The van der Waals surface area contributed by atoms with Crippen molar-refractivity contribution >= 4 is 0 Å². The van der Waals surface area contributed by atoms with E-state index in [0.29, 0.717) is 5.92 Å². The molecule has 3 rings (SSSR count). The lowest BCUT2D eigenvalue weighted by molar-refractivity contribution is -0.00819. The molecule has 1 heterocycles. The van der Waals surface area contributed by atoms with Crippen molar-refractivity contribution in [2.45, 2.75) is 25.0 Å². The maximum atomic E-state index is 9.58. The third-order valence-electron chi connectivity index (χ3n) is 3.53. The van der Waals surface area contributed by atoms with Gasteiger partial charge in [-0.1, -0.05) is 0 Å². The van der Waals surface area contributed by atoms with Gasteiger partial charge >= 0.3 is 0 Å². The largest absolute Gasteiger partial charge is 0.390 e. The molecule has 0 amide bonds. The summed E-state index contributed by atoms with van der Waals surface area (Å²) in [4.78, 5) is 0. The molecule has 0 aromatic carbocycles. The molecular formula is C8H12O2. The van der Waals surface area contributed by atoms with E-state index < -0.39 is 0 Å². The van der Waals surface area contributed by atoms with Crippen LogP contribution in [-0.4, -0.2) is 23.9 Å². The number of aliphatic hydroxyl groups excluding tert-OH is 1. The monoisotopic (exact) mass is 140 g/mol. The SMILES string of the molecule is O[C@@H]1[C@H]2C[C@H]3CO[C@@H]1[C@H]3C2. The van der Waals surface area contributed by atoms with E-state index in [4.69, 9.17) is 4.74 Å². The maximum absolute atomic E-state index is 9.58. The van der Waals surface area contributed by atoms with Gasteiger partial charge in [-0.2, -0.15) is 0 Å². The normalized spacial score (nSPS) is 63.9. The van der Waals surface area contributed by atoms with Crippen LogP contribution in [0.1, 0.15) is 12.8 Å². The molecule has 1 N–H and O–H groups in total. The van der Waals surface area contributed by atoms with E-state index in [1.807, 2.05) is 0 Å². The second kappa shape index (κ2) is 1.56. The van der Waals surface area contributed by atoms with Crippen molar-refractivity contribution in [3.05, 3.63) is 0 Å². The first-order valence-electron chi connectivity index (χ1n) is 4.16. The molecule has 0 radical (unpaired) electrons. The van der Waals surface area contributed by atoms with E-state index in [0.717, 1.165) is 18.4 Å². The lowest BCUT2D eigenvalue weighted by atomic mass is 9.89. The molecule has 0 aromatic rings. The summed E-state index contributed by atoms with van der Waals surface area (Å²) >= 11 is 0. The highest BCUT2D eigenvalue weighted by atomic mass is 16.5. The Kier molecular flexibility index (Phi) is 0.868. The summed E-state index contributed by atoms with van der Waals surface area (Å²) in [6.45, 7) is 0.920. The Morgan fingerprint density at radius 2 is 2.10 bits per heavy atom. The van der Waals surface area contributed by atoms with Crippen molar-refractivity contribution in [3.63, 3.8) is 0 Å². The predicted molar refractivity (Wildman–Crippen MR) is 35.5 cm³/mol. The van der Waals surface area contributed by atoms with Crippen LogP contribution in [0.5, 0.6) is 0 Å². The van der Waals surface area contributed by atoms with Gasteiger partial charge in [0.25, 0.3) is 0 Å². The average Bonchev–Trinajstić information content (AvgIpc) is 2.43. The molecule has 56 valence electrons. The van der Waals surface area contributed by atoms with E-state index in [1.54, 1.807) is 0 Å². The Bertz CT molecular complexity index is 167. The molecule has 2 aliphatic carbocycles. The molecule has 3 aliphatic rings. The Labute approximate surface area is 60.2 Å². The van der Waals surface area contributed by atoms with Crippen molar-refractivity contribution in [2.75, 3.05) is 6.61 Å². The van der Waals surface area contributed by atoms with Crippen LogP contribution < -0.4 is 0 Å². The Morgan fingerprint density at radius 1 is 1.20 bits per heavy atom. The highest BCUT2D eigenvalue weighted by Crippen LogP contribution is 2.53.